The summed E-state index contributed by atoms with van der Waals surface area (Å²) in [4.78, 5) is 26.4. The van der Waals surface area contributed by atoms with Crippen molar-refractivity contribution in [3.05, 3.63) is 64.7 Å². The standard InChI is InChI=1S/C20H18F2N2O2/c21-16-2-1-3-17(22)18(16)19(25)23-15-7-6-12-8-9-24(11-14(12)10-15)20(26)13-4-5-13/h1-3,6-7,10,13H,4-5,8-9,11H2,(H,23,25). The molecule has 0 radical (unpaired) electrons. The van der Waals surface area contributed by atoms with Crippen LogP contribution in [0.4, 0.5) is 14.5 Å². The van der Waals surface area contributed by atoms with E-state index in [1.165, 1.54) is 6.07 Å². The van der Waals surface area contributed by atoms with Crippen molar-refractivity contribution < 1.29 is 18.4 Å². The molecule has 26 heavy (non-hydrogen) atoms. The summed E-state index contributed by atoms with van der Waals surface area (Å²) in [7, 11) is 0. The SMILES string of the molecule is O=C(Nc1ccc2c(c1)CN(C(=O)C1CC1)CC2)c1c(F)cccc1F. The first-order chi connectivity index (χ1) is 12.5. The lowest BCUT2D eigenvalue weighted by atomic mass is 9.98. The minimum absolute atomic E-state index is 0.170. The molecule has 0 aromatic heterocycles. The van der Waals surface area contributed by atoms with Gasteiger partial charge in [0.25, 0.3) is 5.91 Å². The predicted molar refractivity (Wildman–Crippen MR) is 92.6 cm³/mol. The quantitative estimate of drug-likeness (QED) is 0.915. The number of anilines is 1. The zero-order valence-electron chi connectivity index (χ0n) is 14.1. The first kappa shape index (κ1) is 16.7. The van der Waals surface area contributed by atoms with Gasteiger partial charge in [0.05, 0.1) is 0 Å². The van der Waals surface area contributed by atoms with Crippen LogP contribution in [0.25, 0.3) is 0 Å². The second kappa shape index (κ2) is 6.52. The summed E-state index contributed by atoms with van der Waals surface area (Å²) in [6.07, 6.45) is 2.70. The smallest absolute Gasteiger partial charge is 0.261 e. The van der Waals surface area contributed by atoms with Gasteiger partial charge in [-0.25, -0.2) is 8.78 Å². The highest BCUT2D eigenvalue weighted by Gasteiger charge is 2.34. The first-order valence-electron chi connectivity index (χ1n) is 8.69. The molecule has 2 aliphatic rings. The van der Waals surface area contributed by atoms with Gasteiger partial charge in [0.2, 0.25) is 5.91 Å². The van der Waals surface area contributed by atoms with Crippen molar-refractivity contribution in [1.82, 2.24) is 4.90 Å². The summed E-state index contributed by atoms with van der Waals surface area (Å²) in [6, 6.07) is 8.69. The fraction of sp³-hybridized carbons (Fsp3) is 0.300. The average Bonchev–Trinajstić information content (AvgIpc) is 3.45. The van der Waals surface area contributed by atoms with E-state index in [9.17, 15) is 18.4 Å². The Labute approximate surface area is 149 Å². The lowest BCUT2D eigenvalue weighted by Gasteiger charge is -2.29. The van der Waals surface area contributed by atoms with E-state index >= 15 is 0 Å². The van der Waals surface area contributed by atoms with Crippen LogP contribution < -0.4 is 5.32 Å². The molecule has 2 amide bonds. The van der Waals surface area contributed by atoms with E-state index in [2.05, 4.69) is 5.32 Å². The first-order valence-corrected chi connectivity index (χ1v) is 8.69. The van der Waals surface area contributed by atoms with Crippen molar-refractivity contribution >= 4 is 17.5 Å². The minimum Gasteiger partial charge on any atom is -0.338 e. The molecule has 4 rings (SSSR count). The van der Waals surface area contributed by atoms with Gasteiger partial charge < -0.3 is 10.2 Å². The second-order valence-electron chi connectivity index (χ2n) is 6.82. The van der Waals surface area contributed by atoms with Crippen LogP contribution >= 0.6 is 0 Å². The van der Waals surface area contributed by atoms with Crippen molar-refractivity contribution in [1.29, 1.82) is 0 Å². The van der Waals surface area contributed by atoms with Gasteiger partial charge in [-0.1, -0.05) is 12.1 Å². The number of nitrogens with zero attached hydrogens (tertiary/aromatic N) is 1. The van der Waals surface area contributed by atoms with E-state index in [1.807, 2.05) is 11.0 Å². The molecule has 0 unspecified atom stereocenters. The Bertz CT molecular complexity index is 873. The second-order valence-corrected chi connectivity index (χ2v) is 6.82. The summed E-state index contributed by atoms with van der Waals surface area (Å²) in [5.41, 5.74) is 1.94. The Morgan fingerprint density at radius 3 is 2.46 bits per heavy atom. The van der Waals surface area contributed by atoms with Crippen molar-refractivity contribution in [2.45, 2.75) is 25.8 Å². The minimum atomic E-state index is -0.901. The van der Waals surface area contributed by atoms with Crippen LogP contribution in [0.5, 0.6) is 0 Å². The fourth-order valence-electron chi connectivity index (χ4n) is 3.32. The molecule has 134 valence electrons. The molecule has 2 aromatic rings. The molecule has 2 aromatic carbocycles. The highest BCUT2D eigenvalue weighted by Crippen LogP contribution is 2.33. The van der Waals surface area contributed by atoms with Gasteiger partial charge in [0, 0.05) is 24.7 Å². The summed E-state index contributed by atoms with van der Waals surface area (Å²) >= 11 is 0. The van der Waals surface area contributed by atoms with Crippen LogP contribution in [0.3, 0.4) is 0 Å². The van der Waals surface area contributed by atoms with Gasteiger partial charge in [-0.2, -0.15) is 0 Å². The number of hydrogen-bond acceptors (Lipinski definition) is 2. The lowest BCUT2D eigenvalue weighted by Crippen LogP contribution is -2.36. The predicted octanol–water partition coefficient (Wildman–Crippen LogP) is 3.51. The van der Waals surface area contributed by atoms with Gasteiger partial charge in [0.15, 0.2) is 0 Å². The molecule has 0 saturated heterocycles. The van der Waals surface area contributed by atoms with E-state index in [0.29, 0.717) is 18.8 Å². The van der Waals surface area contributed by atoms with E-state index in [1.54, 1.807) is 12.1 Å². The molecular weight excluding hydrogens is 338 g/mol. The van der Waals surface area contributed by atoms with E-state index < -0.39 is 23.1 Å². The summed E-state index contributed by atoms with van der Waals surface area (Å²) in [6.45, 7) is 1.21. The summed E-state index contributed by atoms with van der Waals surface area (Å²) < 4.78 is 27.5. The Balaban J connectivity index is 1.53. The highest BCUT2D eigenvalue weighted by atomic mass is 19.1. The van der Waals surface area contributed by atoms with Gasteiger partial charge in [0.1, 0.15) is 17.2 Å². The van der Waals surface area contributed by atoms with Crippen molar-refractivity contribution in [2.75, 3.05) is 11.9 Å². The summed E-state index contributed by atoms with van der Waals surface area (Å²) in [5.74, 6) is -2.27. The topological polar surface area (TPSA) is 49.4 Å². The third kappa shape index (κ3) is 3.19. The summed E-state index contributed by atoms with van der Waals surface area (Å²) in [5, 5.41) is 2.55. The molecule has 1 aliphatic heterocycles. The number of carbonyl (C=O) groups is 2. The van der Waals surface area contributed by atoms with E-state index in [-0.39, 0.29) is 11.8 Å². The van der Waals surface area contributed by atoms with Crippen molar-refractivity contribution in [3.8, 4) is 0 Å². The van der Waals surface area contributed by atoms with E-state index in [0.717, 1.165) is 42.5 Å². The van der Waals surface area contributed by atoms with Crippen LogP contribution in [0, 0.1) is 17.6 Å². The zero-order chi connectivity index (χ0) is 18.3. The van der Waals surface area contributed by atoms with Gasteiger partial charge >= 0.3 is 0 Å². The Kier molecular flexibility index (Phi) is 4.18. The van der Waals surface area contributed by atoms with Crippen LogP contribution in [0.2, 0.25) is 0 Å². The third-order valence-corrected chi connectivity index (χ3v) is 4.90. The maximum Gasteiger partial charge on any atom is 0.261 e. The molecule has 6 heteroatoms. The molecule has 1 heterocycles. The maximum atomic E-state index is 13.8. The zero-order valence-corrected chi connectivity index (χ0v) is 14.1. The molecule has 1 saturated carbocycles. The number of halogens is 2. The number of fused-ring (bicyclic) bond motifs is 1. The van der Waals surface area contributed by atoms with Crippen LogP contribution in [-0.2, 0) is 17.8 Å². The molecular formula is C20H18F2N2O2. The highest BCUT2D eigenvalue weighted by molar-refractivity contribution is 6.04. The molecule has 0 spiro atoms. The maximum absolute atomic E-state index is 13.8. The number of hydrogen-bond donors (Lipinski definition) is 1. The molecule has 1 fully saturated rings. The molecule has 0 bridgehead atoms. The van der Waals surface area contributed by atoms with Crippen molar-refractivity contribution in [2.24, 2.45) is 5.92 Å². The monoisotopic (exact) mass is 356 g/mol. The average molecular weight is 356 g/mol. The number of amides is 2. The third-order valence-electron chi connectivity index (χ3n) is 4.90. The number of nitrogens with one attached hydrogen (secondary N) is 1. The van der Waals surface area contributed by atoms with Crippen molar-refractivity contribution in [3.63, 3.8) is 0 Å². The largest absolute Gasteiger partial charge is 0.338 e. The van der Waals surface area contributed by atoms with E-state index in [4.69, 9.17) is 0 Å². The number of rotatable bonds is 3. The fourth-order valence-corrected chi connectivity index (χ4v) is 3.32. The number of carbonyl (C=O) groups excluding carboxylic acids is 2. The lowest BCUT2D eigenvalue weighted by molar-refractivity contribution is -0.133. The van der Waals surface area contributed by atoms with Crippen LogP contribution in [-0.4, -0.2) is 23.3 Å². The molecule has 0 atom stereocenters. The molecule has 1 aliphatic carbocycles. The molecule has 1 N–H and O–H groups in total. The van der Waals surface area contributed by atoms with Gasteiger partial charge in [-0.05, 0) is 54.7 Å². The normalized spacial score (nSPS) is 16.2. The Hall–Kier alpha value is -2.76. The van der Waals surface area contributed by atoms with Gasteiger partial charge in [-0.15, -0.1) is 0 Å². The van der Waals surface area contributed by atoms with Gasteiger partial charge in [-0.3, -0.25) is 9.59 Å². The van der Waals surface area contributed by atoms with Crippen LogP contribution in [0.1, 0.15) is 34.3 Å². The number of benzene rings is 2. The Morgan fingerprint density at radius 2 is 1.77 bits per heavy atom. The van der Waals surface area contributed by atoms with Crippen LogP contribution in [0.15, 0.2) is 36.4 Å². The Morgan fingerprint density at radius 1 is 1.04 bits per heavy atom. The molecule has 4 nitrogen and oxygen atoms in total.